The molecule has 0 spiro atoms. The van der Waals surface area contributed by atoms with E-state index in [-0.39, 0.29) is 16.8 Å². The Balaban J connectivity index is 1.59. The molecule has 9 heteroatoms. The molecular formula is C19H14F2N2O5. The number of nitrogens with one attached hydrogen (secondary N) is 1. The second kappa shape index (κ2) is 7.55. The van der Waals surface area contributed by atoms with Crippen LogP contribution in [0.3, 0.4) is 0 Å². The van der Waals surface area contributed by atoms with Gasteiger partial charge in [-0.25, -0.2) is 13.6 Å². The number of hydrogen-bond acceptors (Lipinski definition) is 5. The van der Waals surface area contributed by atoms with Gasteiger partial charge >= 0.3 is 5.97 Å². The van der Waals surface area contributed by atoms with Crippen molar-refractivity contribution in [3.05, 3.63) is 65.2 Å². The summed E-state index contributed by atoms with van der Waals surface area (Å²) in [5, 5.41) is 2.24. The lowest BCUT2D eigenvalue weighted by molar-refractivity contribution is -0.150. The van der Waals surface area contributed by atoms with Crippen molar-refractivity contribution < 1.29 is 32.7 Å². The van der Waals surface area contributed by atoms with E-state index in [4.69, 9.17) is 4.74 Å². The first kappa shape index (κ1) is 19.2. The van der Waals surface area contributed by atoms with Gasteiger partial charge in [0.05, 0.1) is 11.1 Å². The van der Waals surface area contributed by atoms with E-state index >= 15 is 0 Å². The molecule has 7 nitrogen and oxygen atoms in total. The van der Waals surface area contributed by atoms with E-state index in [9.17, 15) is 28.0 Å². The molecule has 3 amide bonds. The van der Waals surface area contributed by atoms with Crippen LogP contribution < -0.4 is 5.32 Å². The standard InChI is InChI=1S/C19H14F2N2O5/c1-10(23-17(25)12-4-2-3-5-13(12)18(23)26)19(27)28-9-16(24)22-11-6-7-14(20)15(21)8-11/h2-8,10H,9H2,1H3,(H,22,24). The van der Waals surface area contributed by atoms with Crippen molar-refractivity contribution in [1.82, 2.24) is 4.90 Å². The molecule has 144 valence electrons. The maximum atomic E-state index is 13.1. The van der Waals surface area contributed by atoms with Crippen molar-refractivity contribution in [1.29, 1.82) is 0 Å². The van der Waals surface area contributed by atoms with Crippen LogP contribution >= 0.6 is 0 Å². The summed E-state index contributed by atoms with van der Waals surface area (Å²) >= 11 is 0. The number of nitrogens with zero attached hydrogens (tertiary/aromatic N) is 1. The lowest BCUT2D eigenvalue weighted by Gasteiger charge is -2.20. The van der Waals surface area contributed by atoms with E-state index in [1.165, 1.54) is 19.1 Å². The molecule has 1 aliphatic heterocycles. The second-order valence-corrected chi connectivity index (χ2v) is 5.99. The first-order valence-electron chi connectivity index (χ1n) is 8.18. The molecule has 0 radical (unpaired) electrons. The number of hydrogen-bond donors (Lipinski definition) is 1. The van der Waals surface area contributed by atoms with Crippen LogP contribution in [0, 0.1) is 11.6 Å². The predicted octanol–water partition coefficient (Wildman–Crippen LogP) is 2.13. The van der Waals surface area contributed by atoms with E-state index in [1.807, 2.05) is 0 Å². The molecule has 1 aliphatic rings. The number of amides is 3. The fraction of sp³-hybridized carbons (Fsp3) is 0.158. The van der Waals surface area contributed by atoms with Gasteiger partial charge < -0.3 is 10.1 Å². The van der Waals surface area contributed by atoms with Gasteiger partial charge in [0.25, 0.3) is 17.7 Å². The summed E-state index contributed by atoms with van der Waals surface area (Å²) in [5.41, 5.74) is 0.347. The molecule has 1 unspecified atom stereocenters. The fourth-order valence-electron chi connectivity index (χ4n) is 2.69. The zero-order valence-electron chi connectivity index (χ0n) is 14.6. The fourth-order valence-corrected chi connectivity index (χ4v) is 2.69. The smallest absolute Gasteiger partial charge is 0.329 e. The summed E-state index contributed by atoms with van der Waals surface area (Å²) in [6.07, 6.45) is 0. The number of ether oxygens (including phenoxy) is 1. The molecule has 0 saturated carbocycles. The molecule has 0 aromatic heterocycles. The highest BCUT2D eigenvalue weighted by Crippen LogP contribution is 2.24. The quantitative estimate of drug-likeness (QED) is 0.626. The molecule has 0 fully saturated rings. The Morgan fingerprint density at radius 2 is 1.64 bits per heavy atom. The van der Waals surface area contributed by atoms with Gasteiger partial charge in [0.1, 0.15) is 6.04 Å². The third kappa shape index (κ3) is 3.59. The Morgan fingerprint density at radius 1 is 1.04 bits per heavy atom. The highest BCUT2D eigenvalue weighted by molar-refractivity contribution is 6.22. The minimum Gasteiger partial charge on any atom is -0.454 e. The molecule has 2 aromatic carbocycles. The Morgan fingerprint density at radius 3 is 2.21 bits per heavy atom. The Bertz CT molecular complexity index is 957. The second-order valence-electron chi connectivity index (χ2n) is 5.99. The number of fused-ring (bicyclic) bond motifs is 1. The van der Waals surface area contributed by atoms with E-state index in [1.54, 1.807) is 12.1 Å². The van der Waals surface area contributed by atoms with Gasteiger partial charge in [-0.15, -0.1) is 0 Å². The van der Waals surface area contributed by atoms with Gasteiger partial charge in [-0.05, 0) is 31.2 Å². The maximum Gasteiger partial charge on any atom is 0.329 e. The normalized spacial score (nSPS) is 13.9. The molecule has 0 saturated heterocycles. The monoisotopic (exact) mass is 388 g/mol. The van der Waals surface area contributed by atoms with Crippen LogP contribution in [0.15, 0.2) is 42.5 Å². The largest absolute Gasteiger partial charge is 0.454 e. The first-order valence-corrected chi connectivity index (χ1v) is 8.18. The van der Waals surface area contributed by atoms with Crippen LogP contribution in [-0.4, -0.2) is 41.2 Å². The number of carbonyl (C=O) groups is 4. The van der Waals surface area contributed by atoms with Gasteiger partial charge in [0.15, 0.2) is 18.2 Å². The average Bonchev–Trinajstić information content (AvgIpc) is 2.93. The van der Waals surface area contributed by atoms with Crippen molar-refractivity contribution in [3.63, 3.8) is 0 Å². The van der Waals surface area contributed by atoms with Crippen LogP contribution in [-0.2, 0) is 14.3 Å². The number of benzene rings is 2. The summed E-state index contributed by atoms with van der Waals surface area (Å²) < 4.78 is 30.8. The molecule has 3 rings (SSSR count). The summed E-state index contributed by atoms with van der Waals surface area (Å²) in [6.45, 7) is 0.572. The van der Waals surface area contributed by atoms with Crippen molar-refractivity contribution in [2.45, 2.75) is 13.0 Å². The molecule has 1 heterocycles. The highest BCUT2D eigenvalue weighted by atomic mass is 19.2. The third-order valence-corrected chi connectivity index (χ3v) is 4.10. The molecule has 1 atom stereocenters. The predicted molar refractivity (Wildman–Crippen MR) is 92.4 cm³/mol. The van der Waals surface area contributed by atoms with Gasteiger partial charge in [-0.3, -0.25) is 19.3 Å². The summed E-state index contributed by atoms with van der Waals surface area (Å²) in [7, 11) is 0. The summed E-state index contributed by atoms with van der Waals surface area (Å²) in [6, 6.07) is 7.64. The molecule has 28 heavy (non-hydrogen) atoms. The highest BCUT2D eigenvalue weighted by Gasteiger charge is 2.41. The van der Waals surface area contributed by atoms with E-state index in [2.05, 4.69) is 5.32 Å². The minimum absolute atomic E-state index is 0.0201. The average molecular weight is 388 g/mol. The van der Waals surface area contributed by atoms with Crippen LogP contribution in [0.5, 0.6) is 0 Å². The SMILES string of the molecule is CC(C(=O)OCC(=O)Nc1ccc(F)c(F)c1)N1C(=O)c2ccccc2C1=O. The van der Waals surface area contributed by atoms with Crippen LogP contribution in [0.25, 0.3) is 0 Å². The van der Waals surface area contributed by atoms with Crippen molar-refractivity contribution >= 4 is 29.4 Å². The van der Waals surface area contributed by atoms with Crippen LogP contribution in [0.2, 0.25) is 0 Å². The van der Waals surface area contributed by atoms with E-state index < -0.39 is 48.0 Å². The van der Waals surface area contributed by atoms with Gasteiger partial charge in [0.2, 0.25) is 0 Å². The summed E-state index contributed by atoms with van der Waals surface area (Å²) in [5.74, 6) is -5.23. The number of rotatable bonds is 5. The number of halogens is 2. The van der Waals surface area contributed by atoms with Crippen LogP contribution in [0.1, 0.15) is 27.6 Å². The van der Waals surface area contributed by atoms with E-state index in [0.29, 0.717) is 0 Å². The zero-order valence-corrected chi connectivity index (χ0v) is 14.6. The molecular weight excluding hydrogens is 374 g/mol. The zero-order chi connectivity index (χ0) is 20.4. The lowest BCUT2D eigenvalue weighted by atomic mass is 10.1. The molecule has 0 aliphatic carbocycles. The van der Waals surface area contributed by atoms with Gasteiger partial charge in [0, 0.05) is 11.8 Å². The van der Waals surface area contributed by atoms with Gasteiger partial charge in [-0.2, -0.15) is 0 Å². The molecule has 0 bridgehead atoms. The Labute approximate surface area is 157 Å². The topological polar surface area (TPSA) is 92.8 Å². The maximum absolute atomic E-state index is 13.1. The number of carbonyl (C=O) groups excluding carboxylic acids is 4. The first-order chi connectivity index (χ1) is 13.3. The van der Waals surface area contributed by atoms with Gasteiger partial charge in [-0.1, -0.05) is 12.1 Å². The summed E-state index contributed by atoms with van der Waals surface area (Å²) in [4.78, 5) is 49.4. The van der Waals surface area contributed by atoms with Crippen LogP contribution in [0.4, 0.5) is 14.5 Å². The molecule has 1 N–H and O–H groups in total. The minimum atomic E-state index is -1.25. The van der Waals surface area contributed by atoms with E-state index in [0.717, 1.165) is 23.1 Å². The number of esters is 1. The van der Waals surface area contributed by atoms with Crippen molar-refractivity contribution in [3.8, 4) is 0 Å². The Hall–Kier alpha value is -3.62. The third-order valence-electron chi connectivity index (χ3n) is 4.10. The number of imide groups is 1. The molecule has 2 aromatic rings. The van der Waals surface area contributed by atoms with Crippen molar-refractivity contribution in [2.24, 2.45) is 0 Å². The number of anilines is 1. The lowest BCUT2D eigenvalue weighted by Crippen LogP contribution is -2.44. The Kier molecular flexibility index (Phi) is 5.16. The van der Waals surface area contributed by atoms with Crippen molar-refractivity contribution in [2.75, 3.05) is 11.9 Å².